The topological polar surface area (TPSA) is 71.8 Å². The standard InChI is InChI=1S/C18H17FN6/c1-24(18-15-4-6-21-17(15)22-11-23-18)14-5-7-25(10-14)13-3-2-12(9-20)16(19)8-13/h2-4,6,8,11,14H,5,7,10H2,1H3,(H,21,22,23). The summed E-state index contributed by atoms with van der Waals surface area (Å²) in [5, 5.41) is 9.85. The van der Waals surface area contributed by atoms with E-state index in [1.165, 1.54) is 12.1 Å². The summed E-state index contributed by atoms with van der Waals surface area (Å²) in [7, 11) is 2.03. The number of rotatable bonds is 3. The zero-order chi connectivity index (χ0) is 17.4. The van der Waals surface area contributed by atoms with Gasteiger partial charge in [-0.25, -0.2) is 14.4 Å². The number of hydrogen-bond acceptors (Lipinski definition) is 5. The van der Waals surface area contributed by atoms with Gasteiger partial charge < -0.3 is 14.8 Å². The highest BCUT2D eigenvalue weighted by molar-refractivity contribution is 5.87. The van der Waals surface area contributed by atoms with Crippen LogP contribution >= 0.6 is 0 Å². The monoisotopic (exact) mass is 336 g/mol. The number of aromatic amines is 1. The highest BCUT2D eigenvalue weighted by Crippen LogP contribution is 2.28. The Morgan fingerprint density at radius 3 is 3.04 bits per heavy atom. The number of hydrogen-bond donors (Lipinski definition) is 1. The quantitative estimate of drug-likeness (QED) is 0.796. The molecule has 1 atom stereocenters. The van der Waals surface area contributed by atoms with E-state index in [-0.39, 0.29) is 11.6 Å². The molecule has 1 fully saturated rings. The number of fused-ring (bicyclic) bond motifs is 1. The van der Waals surface area contributed by atoms with Gasteiger partial charge in [0.05, 0.1) is 10.9 Å². The molecular weight excluding hydrogens is 319 g/mol. The largest absolute Gasteiger partial charge is 0.369 e. The van der Waals surface area contributed by atoms with Crippen molar-refractivity contribution in [3.63, 3.8) is 0 Å². The first-order chi connectivity index (χ1) is 12.2. The van der Waals surface area contributed by atoms with Gasteiger partial charge in [-0.15, -0.1) is 0 Å². The predicted molar refractivity (Wildman–Crippen MR) is 94.0 cm³/mol. The summed E-state index contributed by atoms with van der Waals surface area (Å²) in [6.45, 7) is 1.61. The van der Waals surface area contributed by atoms with Crippen LogP contribution in [0.15, 0.2) is 36.8 Å². The fourth-order valence-electron chi connectivity index (χ4n) is 3.40. The van der Waals surface area contributed by atoms with Crippen LogP contribution in [0.25, 0.3) is 11.0 Å². The lowest BCUT2D eigenvalue weighted by molar-refractivity contribution is 0.623. The number of nitrogens with zero attached hydrogens (tertiary/aromatic N) is 5. The normalized spacial score (nSPS) is 17.0. The molecule has 4 rings (SSSR count). The molecule has 3 aromatic rings. The van der Waals surface area contributed by atoms with Gasteiger partial charge in [-0.2, -0.15) is 5.26 Å². The van der Waals surface area contributed by atoms with Gasteiger partial charge >= 0.3 is 0 Å². The van der Waals surface area contributed by atoms with E-state index in [0.29, 0.717) is 0 Å². The van der Waals surface area contributed by atoms with Gasteiger partial charge in [0.2, 0.25) is 0 Å². The fraction of sp³-hybridized carbons (Fsp3) is 0.278. The maximum Gasteiger partial charge on any atom is 0.143 e. The van der Waals surface area contributed by atoms with Gasteiger partial charge in [-0.3, -0.25) is 0 Å². The van der Waals surface area contributed by atoms with Crippen LogP contribution in [0.3, 0.4) is 0 Å². The van der Waals surface area contributed by atoms with Crippen molar-refractivity contribution in [3.8, 4) is 6.07 Å². The Bertz CT molecular complexity index is 960. The molecule has 126 valence electrons. The molecule has 3 heterocycles. The summed E-state index contributed by atoms with van der Waals surface area (Å²) in [6.07, 6.45) is 4.37. The number of nitrogens with one attached hydrogen (secondary N) is 1. The molecule has 2 aromatic heterocycles. The zero-order valence-electron chi connectivity index (χ0n) is 13.8. The van der Waals surface area contributed by atoms with E-state index in [2.05, 4.69) is 24.8 Å². The Morgan fingerprint density at radius 1 is 1.36 bits per heavy atom. The Morgan fingerprint density at radius 2 is 2.24 bits per heavy atom. The van der Waals surface area contributed by atoms with Crippen LogP contribution < -0.4 is 9.80 Å². The van der Waals surface area contributed by atoms with E-state index in [1.54, 1.807) is 12.4 Å². The lowest BCUT2D eigenvalue weighted by Crippen LogP contribution is -2.35. The highest BCUT2D eigenvalue weighted by atomic mass is 19.1. The molecule has 1 unspecified atom stereocenters. The van der Waals surface area contributed by atoms with E-state index in [1.807, 2.05) is 25.4 Å². The van der Waals surface area contributed by atoms with Crippen LogP contribution in [0.4, 0.5) is 15.9 Å². The van der Waals surface area contributed by atoms with Crippen LogP contribution in [0.5, 0.6) is 0 Å². The van der Waals surface area contributed by atoms with Crippen LogP contribution in [-0.4, -0.2) is 41.1 Å². The number of H-pyrrole nitrogens is 1. The van der Waals surface area contributed by atoms with Crippen molar-refractivity contribution in [2.24, 2.45) is 0 Å². The van der Waals surface area contributed by atoms with Gasteiger partial charge in [-0.05, 0) is 30.7 Å². The summed E-state index contributed by atoms with van der Waals surface area (Å²) < 4.78 is 13.9. The van der Waals surface area contributed by atoms with Gasteiger partial charge in [0.1, 0.15) is 29.7 Å². The predicted octanol–water partition coefficient (Wildman–Crippen LogP) is 2.68. The van der Waals surface area contributed by atoms with Crippen molar-refractivity contribution < 1.29 is 4.39 Å². The van der Waals surface area contributed by atoms with Crippen molar-refractivity contribution in [3.05, 3.63) is 48.2 Å². The number of nitriles is 1. The van der Waals surface area contributed by atoms with Gasteiger partial charge in [0.25, 0.3) is 0 Å². The van der Waals surface area contributed by atoms with E-state index < -0.39 is 5.82 Å². The first-order valence-corrected chi connectivity index (χ1v) is 8.13. The highest BCUT2D eigenvalue weighted by Gasteiger charge is 2.28. The van der Waals surface area contributed by atoms with Crippen molar-refractivity contribution in [2.45, 2.75) is 12.5 Å². The lowest BCUT2D eigenvalue weighted by atomic mass is 10.2. The maximum absolute atomic E-state index is 13.9. The second-order valence-corrected chi connectivity index (χ2v) is 6.21. The molecular formula is C18H17FN6. The average molecular weight is 336 g/mol. The minimum atomic E-state index is -0.471. The number of halogens is 1. The third-order valence-corrected chi connectivity index (χ3v) is 4.82. The molecule has 1 aliphatic heterocycles. The molecule has 1 aromatic carbocycles. The Labute approximate surface area is 144 Å². The van der Waals surface area contributed by atoms with Crippen LogP contribution in [0, 0.1) is 17.1 Å². The molecule has 0 saturated carbocycles. The molecule has 1 aliphatic rings. The van der Waals surface area contributed by atoms with E-state index in [0.717, 1.165) is 42.0 Å². The fourth-order valence-corrected chi connectivity index (χ4v) is 3.40. The average Bonchev–Trinajstić information content (AvgIpc) is 3.30. The van der Waals surface area contributed by atoms with E-state index >= 15 is 0 Å². The van der Waals surface area contributed by atoms with Crippen molar-refractivity contribution in [1.29, 1.82) is 5.26 Å². The van der Waals surface area contributed by atoms with Gasteiger partial charge in [0.15, 0.2) is 0 Å². The van der Waals surface area contributed by atoms with Crippen LogP contribution in [0.2, 0.25) is 0 Å². The molecule has 25 heavy (non-hydrogen) atoms. The molecule has 0 bridgehead atoms. The van der Waals surface area contributed by atoms with Gasteiger partial charge in [0, 0.05) is 38.1 Å². The number of anilines is 2. The number of aromatic nitrogens is 3. The first-order valence-electron chi connectivity index (χ1n) is 8.13. The molecule has 7 heteroatoms. The Hall–Kier alpha value is -3.14. The van der Waals surface area contributed by atoms with Crippen molar-refractivity contribution in [1.82, 2.24) is 15.0 Å². The second kappa shape index (κ2) is 6.06. The third kappa shape index (κ3) is 2.66. The lowest BCUT2D eigenvalue weighted by Gasteiger charge is -2.26. The molecule has 0 aliphatic carbocycles. The van der Waals surface area contributed by atoms with Crippen LogP contribution in [0.1, 0.15) is 12.0 Å². The van der Waals surface area contributed by atoms with E-state index in [9.17, 15) is 4.39 Å². The molecule has 1 saturated heterocycles. The smallest absolute Gasteiger partial charge is 0.143 e. The Balaban J connectivity index is 1.55. The minimum Gasteiger partial charge on any atom is -0.369 e. The Kier molecular flexibility index (Phi) is 3.73. The summed E-state index contributed by atoms with van der Waals surface area (Å²) in [4.78, 5) is 16.1. The first kappa shape index (κ1) is 15.4. The summed E-state index contributed by atoms with van der Waals surface area (Å²) in [5.41, 5.74) is 1.70. The number of likely N-dealkylation sites (N-methyl/N-ethyl adjacent to an activating group) is 1. The molecule has 1 N–H and O–H groups in total. The number of benzene rings is 1. The molecule has 0 amide bonds. The zero-order valence-corrected chi connectivity index (χ0v) is 13.8. The third-order valence-electron chi connectivity index (χ3n) is 4.82. The molecule has 0 spiro atoms. The van der Waals surface area contributed by atoms with Gasteiger partial charge in [-0.1, -0.05) is 0 Å². The maximum atomic E-state index is 13.9. The SMILES string of the molecule is CN(c1ncnc2[nH]ccc12)C1CCN(c2ccc(C#N)c(F)c2)C1. The van der Waals surface area contributed by atoms with Crippen molar-refractivity contribution in [2.75, 3.05) is 29.9 Å². The summed E-state index contributed by atoms with van der Waals surface area (Å²) in [6, 6.07) is 8.89. The molecule has 6 nitrogen and oxygen atoms in total. The summed E-state index contributed by atoms with van der Waals surface area (Å²) >= 11 is 0. The van der Waals surface area contributed by atoms with Crippen molar-refractivity contribution >= 4 is 22.5 Å². The van der Waals surface area contributed by atoms with E-state index in [4.69, 9.17) is 5.26 Å². The molecule has 0 radical (unpaired) electrons. The summed E-state index contributed by atoms with van der Waals surface area (Å²) in [5.74, 6) is 0.422. The second-order valence-electron chi connectivity index (χ2n) is 6.21. The van der Waals surface area contributed by atoms with Crippen LogP contribution in [-0.2, 0) is 0 Å². The minimum absolute atomic E-state index is 0.0763.